The smallest absolute Gasteiger partial charge is 0.336 e. The van der Waals surface area contributed by atoms with E-state index in [1.807, 2.05) is 5.43 Å². The lowest BCUT2D eigenvalue weighted by molar-refractivity contribution is 0.0683. The number of carboxylic acid groups (broad SMARTS) is 2. The molecule has 0 aliphatic carbocycles. The fraction of sp³-hybridized carbons (Fsp3) is 0. The minimum atomic E-state index is -1.27. The van der Waals surface area contributed by atoms with E-state index in [1.54, 1.807) is 0 Å². The third-order valence-corrected chi connectivity index (χ3v) is 2.83. The quantitative estimate of drug-likeness (QED) is 0.373. The van der Waals surface area contributed by atoms with E-state index in [2.05, 4.69) is 0 Å². The Labute approximate surface area is 112 Å². The SMILES string of the molecule is NNC(=O)c1cc2cc(C(=O)O)ccc2cc1C(=O)O. The Balaban J connectivity index is 2.75. The lowest BCUT2D eigenvalue weighted by atomic mass is 9.99. The van der Waals surface area contributed by atoms with E-state index in [0.717, 1.165) is 0 Å². The maximum Gasteiger partial charge on any atom is 0.336 e. The summed E-state index contributed by atoms with van der Waals surface area (Å²) in [6.07, 6.45) is 0. The Morgan fingerprint density at radius 3 is 2.10 bits per heavy atom. The fourth-order valence-electron chi connectivity index (χ4n) is 1.87. The van der Waals surface area contributed by atoms with Crippen LogP contribution in [0.5, 0.6) is 0 Å². The largest absolute Gasteiger partial charge is 0.478 e. The van der Waals surface area contributed by atoms with Gasteiger partial charge in [-0.05, 0) is 35.0 Å². The van der Waals surface area contributed by atoms with Crippen LogP contribution in [0.15, 0.2) is 30.3 Å². The van der Waals surface area contributed by atoms with Gasteiger partial charge in [0.05, 0.1) is 16.7 Å². The number of rotatable bonds is 3. The van der Waals surface area contributed by atoms with E-state index >= 15 is 0 Å². The number of hydrogen-bond acceptors (Lipinski definition) is 4. The minimum Gasteiger partial charge on any atom is -0.478 e. The highest BCUT2D eigenvalue weighted by Gasteiger charge is 2.17. The molecule has 0 atom stereocenters. The zero-order valence-corrected chi connectivity index (χ0v) is 10.1. The Kier molecular flexibility index (Phi) is 3.36. The molecule has 2 aromatic rings. The van der Waals surface area contributed by atoms with Crippen molar-refractivity contribution in [3.8, 4) is 0 Å². The summed E-state index contributed by atoms with van der Waals surface area (Å²) in [5.41, 5.74) is 1.57. The van der Waals surface area contributed by atoms with Crippen molar-refractivity contribution in [2.24, 2.45) is 5.84 Å². The number of nitrogen functional groups attached to an aromatic ring is 1. The molecule has 0 saturated heterocycles. The molecule has 0 radical (unpaired) electrons. The Hall–Kier alpha value is -2.93. The van der Waals surface area contributed by atoms with Gasteiger partial charge in [0.15, 0.2) is 0 Å². The highest BCUT2D eigenvalue weighted by atomic mass is 16.4. The summed E-state index contributed by atoms with van der Waals surface area (Å²) >= 11 is 0. The van der Waals surface area contributed by atoms with E-state index < -0.39 is 17.8 Å². The van der Waals surface area contributed by atoms with Gasteiger partial charge in [-0.25, -0.2) is 15.4 Å². The normalized spacial score (nSPS) is 10.2. The van der Waals surface area contributed by atoms with Gasteiger partial charge in [-0.15, -0.1) is 0 Å². The molecule has 7 heteroatoms. The Morgan fingerprint density at radius 1 is 0.900 bits per heavy atom. The molecule has 0 heterocycles. The van der Waals surface area contributed by atoms with Gasteiger partial charge < -0.3 is 10.2 Å². The number of carbonyl (C=O) groups excluding carboxylic acids is 1. The second-order valence-electron chi connectivity index (χ2n) is 4.04. The van der Waals surface area contributed by atoms with Crippen molar-refractivity contribution in [3.63, 3.8) is 0 Å². The van der Waals surface area contributed by atoms with Crippen LogP contribution in [0.25, 0.3) is 10.8 Å². The second kappa shape index (κ2) is 4.98. The molecule has 5 N–H and O–H groups in total. The van der Waals surface area contributed by atoms with Crippen molar-refractivity contribution in [1.82, 2.24) is 5.43 Å². The van der Waals surface area contributed by atoms with Crippen molar-refractivity contribution in [1.29, 1.82) is 0 Å². The first-order chi connectivity index (χ1) is 9.43. The van der Waals surface area contributed by atoms with Crippen molar-refractivity contribution < 1.29 is 24.6 Å². The molecule has 20 heavy (non-hydrogen) atoms. The number of amides is 1. The summed E-state index contributed by atoms with van der Waals surface area (Å²) in [5, 5.41) is 19.0. The summed E-state index contributed by atoms with van der Waals surface area (Å²) < 4.78 is 0. The minimum absolute atomic E-state index is 0.0414. The van der Waals surface area contributed by atoms with Crippen LogP contribution in [0.4, 0.5) is 0 Å². The average Bonchev–Trinajstić information content (AvgIpc) is 2.44. The van der Waals surface area contributed by atoms with Gasteiger partial charge in [-0.2, -0.15) is 0 Å². The van der Waals surface area contributed by atoms with E-state index in [0.29, 0.717) is 10.8 Å². The number of aromatic carboxylic acids is 2. The highest BCUT2D eigenvalue weighted by Crippen LogP contribution is 2.22. The predicted octanol–water partition coefficient (Wildman–Crippen LogP) is 0.840. The lowest BCUT2D eigenvalue weighted by Gasteiger charge is -2.08. The van der Waals surface area contributed by atoms with Crippen LogP contribution in [-0.4, -0.2) is 28.1 Å². The van der Waals surface area contributed by atoms with Crippen LogP contribution >= 0.6 is 0 Å². The fourth-order valence-corrected chi connectivity index (χ4v) is 1.87. The van der Waals surface area contributed by atoms with Crippen molar-refractivity contribution >= 4 is 28.6 Å². The third kappa shape index (κ3) is 2.29. The van der Waals surface area contributed by atoms with Crippen molar-refractivity contribution in [3.05, 3.63) is 47.0 Å². The first-order valence-corrected chi connectivity index (χ1v) is 5.49. The number of fused-ring (bicyclic) bond motifs is 1. The molecule has 0 saturated carbocycles. The van der Waals surface area contributed by atoms with Gasteiger partial charge in [0.1, 0.15) is 0 Å². The number of carbonyl (C=O) groups is 3. The number of hydrazine groups is 1. The van der Waals surface area contributed by atoms with Gasteiger partial charge in [0.25, 0.3) is 5.91 Å². The number of benzene rings is 2. The molecule has 0 spiro atoms. The highest BCUT2D eigenvalue weighted by molar-refractivity contribution is 6.09. The van der Waals surface area contributed by atoms with Gasteiger partial charge in [0, 0.05) is 0 Å². The molecule has 0 aliphatic heterocycles. The van der Waals surface area contributed by atoms with E-state index in [9.17, 15) is 14.4 Å². The molecule has 0 aromatic heterocycles. The molecule has 0 aliphatic rings. The van der Waals surface area contributed by atoms with E-state index in [1.165, 1.54) is 30.3 Å². The Morgan fingerprint density at radius 2 is 1.55 bits per heavy atom. The molecule has 2 aromatic carbocycles. The molecule has 1 amide bonds. The zero-order chi connectivity index (χ0) is 14.9. The summed E-state index contributed by atoms with van der Waals surface area (Å²) in [6.45, 7) is 0. The second-order valence-corrected chi connectivity index (χ2v) is 4.04. The molecule has 0 fully saturated rings. The molecule has 2 rings (SSSR count). The average molecular weight is 274 g/mol. The standard InChI is InChI=1S/C13H10N2O5/c14-15-11(16)9-5-8-3-7(12(17)18)2-1-6(8)4-10(9)13(19)20/h1-5H,14H2,(H,15,16)(H,17,18)(H,19,20). The maximum absolute atomic E-state index is 11.6. The molecular formula is C13H10N2O5. The lowest BCUT2D eigenvalue weighted by Crippen LogP contribution is -2.31. The van der Waals surface area contributed by atoms with Crippen LogP contribution in [0, 0.1) is 0 Å². The number of nitrogens with one attached hydrogen (secondary N) is 1. The van der Waals surface area contributed by atoms with Gasteiger partial charge in [-0.3, -0.25) is 10.2 Å². The monoisotopic (exact) mass is 274 g/mol. The third-order valence-electron chi connectivity index (χ3n) is 2.83. The van der Waals surface area contributed by atoms with E-state index in [4.69, 9.17) is 16.1 Å². The summed E-state index contributed by atoms with van der Waals surface area (Å²) in [6, 6.07) is 6.80. The van der Waals surface area contributed by atoms with Gasteiger partial charge >= 0.3 is 11.9 Å². The van der Waals surface area contributed by atoms with Gasteiger partial charge in [0.2, 0.25) is 0 Å². The zero-order valence-electron chi connectivity index (χ0n) is 10.1. The van der Waals surface area contributed by atoms with E-state index in [-0.39, 0.29) is 16.7 Å². The number of carboxylic acids is 2. The number of hydrogen-bond donors (Lipinski definition) is 4. The molecule has 0 unspecified atom stereocenters. The van der Waals surface area contributed by atoms with Crippen LogP contribution in [0.2, 0.25) is 0 Å². The van der Waals surface area contributed by atoms with Gasteiger partial charge in [-0.1, -0.05) is 6.07 Å². The predicted molar refractivity (Wildman–Crippen MR) is 69.5 cm³/mol. The molecule has 102 valence electrons. The summed E-state index contributed by atoms with van der Waals surface area (Å²) in [5.74, 6) is 1.87. The molecular weight excluding hydrogens is 264 g/mol. The Bertz CT molecular complexity index is 739. The van der Waals surface area contributed by atoms with Crippen LogP contribution in [0.3, 0.4) is 0 Å². The molecule has 7 nitrogen and oxygen atoms in total. The summed E-state index contributed by atoms with van der Waals surface area (Å²) in [7, 11) is 0. The topological polar surface area (TPSA) is 130 Å². The van der Waals surface area contributed by atoms with Crippen molar-refractivity contribution in [2.45, 2.75) is 0 Å². The van der Waals surface area contributed by atoms with Crippen LogP contribution < -0.4 is 11.3 Å². The first kappa shape index (κ1) is 13.5. The van der Waals surface area contributed by atoms with Crippen LogP contribution in [0.1, 0.15) is 31.1 Å². The molecule has 0 bridgehead atoms. The number of nitrogens with two attached hydrogens (primary N) is 1. The van der Waals surface area contributed by atoms with Crippen LogP contribution in [-0.2, 0) is 0 Å². The maximum atomic E-state index is 11.6. The summed E-state index contributed by atoms with van der Waals surface area (Å²) in [4.78, 5) is 33.6. The van der Waals surface area contributed by atoms with Crippen molar-refractivity contribution in [2.75, 3.05) is 0 Å². The first-order valence-electron chi connectivity index (χ1n) is 5.49.